The molecule has 1 aliphatic heterocycles. The molecule has 0 aliphatic carbocycles. The average molecular weight is 292 g/mol. The Morgan fingerprint density at radius 3 is 2.76 bits per heavy atom. The summed E-state index contributed by atoms with van der Waals surface area (Å²) in [7, 11) is 0. The van der Waals surface area contributed by atoms with Gasteiger partial charge in [-0.05, 0) is 39.7 Å². The third-order valence-corrected chi connectivity index (χ3v) is 3.22. The number of likely N-dealkylation sites (tertiary alicyclic amines) is 1. The van der Waals surface area contributed by atoms with Gasteiger partial charge in [-0.3, -0.25) is 9.78 Å². The Bertz CT molecular complexity index is 551. The number of hydrogen-bond acceptors (Lipinski definition) is 5. The van der Waals surface area contributed by atoms with Crippen LogP contribution in [0.15, 0.2) is 18.5 Å². The monoisotopic (exact) mass is 292 g/mol. The van der Waals surface area contributed by atoms with Crippen LogP contribution in [-0.4, -0.2) is 45.1 Å². The van der Waals surface area contributed by atoms with E-state index in [0.717, 1.165) is 6.42 Å². The van der Waals surface area contributed by atoms with Gasteiger partial charge < -0.3 is 14.7 Å². The van der Waals surface area contributed by atoms with Crippen LogP contribution in [0.25, 0.3) is 0 Å². The first-order valence-corrected chi connectivity index (χ1v) is 6.96. The van der Waals surface area contributed by atoms with Gasteiger partial charge >= 0.3 is 5.97 Å². The van der Waals surface area contributed by atoms with Crippen LogP contribution in [0, 0.1) is 0 Å². The lowest BCUT2D eigenvalue weighted by atomic mass is 10.1. The van der Waals surface area contributed by atoms with E-state index in [4.69, 9.17) is 4.74 Å². The zero-order chi connectivity index (χ0) is 15.6. The summed E-state index contributed by atoms with van der Waals surface area (Å²) in [6.07, 6.45) is 3.96. The number of amides is 1. The largest absolute Gasteiger partial charge is 0.505 e. The Balaban J connectivity index is 2.17. The fraction of sp³-hybridized carbons (Fsp3) is 0.533. The molecule has 0 unspecified atom stereocenters. The summed E-state index contributed by atoms with van der Waals surface area (Å²) in [5.74, 6) is -0.956. The highest BCUT2D eigenvalue weighted by molar-refractivity contribution is 5.99. The molecule has 0 spiro atoms. The molecule has 1 saturated heterocycles. The van der Waals surface area contributed by atoms with E-state index in [0.29, 0.717) is 13.0 Å². The van der Waals surface area contributed by atoms with Gasteiger partial charge in [0.25, 0.3) is 5.91 Å². The second-order valence-corrected chi connectivity index (χ2v) is 6.08. The number of carbonyl (C=O) groups is 2. The first-order chi connectivity index (χ1) is 9.79. The number of carbonyl (C=O) groups excluding carboxylic acids is 2. The standard InChI is InChI=1S/C15H20N2O4/c1-15(2,3)21-14(20)11-5-4-8-17(11)13(19)10-6-7-16-9-12(10)18/h6-7,9,11,18H,4-5,8H2,1-3H3/t11-/m0/s1. The van der Waals surface area contributed by atoms with Crippen molar-refractivity contribution in [3.05, 3.63) is 24.0 Å². The van der Waals surface area contributed by atoms with Gasteiger partial charge in [-0.25, -0.2) is 4.79 Å². The average Bonchev–Trinajstić information content (AvgIpc) is 2.85. The van der Waals surface area contributed by atoms with Crippen molar-refractivity contribution in [1.29, 1.82) is 0 Å². The topological polar surface area (TPSA) is 79.7 Å². The molecule has 1 fully saturated rings. The van der Waals surface area contributed by atoms with Gasteiger partial charge in [0, 0.05) is 12.7 Å². The molecule has 0 aromatic carbocycles. The van der Waals surface area contributed by atoms with E-state index in [2.05, 4.69) is 4.98 Å². The number of aromatic nitrogens is 1. The fourth-order valence-electron chi connectivity index (χ4n) is 2.35. The van der Waals surface area contributed by atoms with Crippen molar-refractivity contribution in [2.45, 2.75) is 45.3 Å². The minimum atomic E-state index is -0.593. The third kappa shape index (κ3) is 3.51. The van der Waals surface area contributed by atoms with Gasteiger partial charge in [0.05, 0.1) is 11.8 Å². The van der Waals surface area contributed by atoms with E-state index in [-0.39, 0.29) is 17.2 Å². The zero-order valence-corrected chi connectivity index (χ0v) is 12.5. The molecule has 1 N–H and O–H groups in total. The Morgan fingerprint density at radius 1 is 1.43 bits per heavy atom. The third-order valence-electron chi connectivity index (χ3n) is 3.22. The minimum absolute atomic E-state index is 0.153. The Labute approximate surface area is 123 Å². The molecule has 1 aromatic rings. The number of hydrogen-bond donors (Lipinski definition) is 1. The highest BCUT2D eigenvalue weighted by Gasteiger charge is 2.37. The summed E-state index contributed by atoms with van der Waals surface area (Å²) in [5, 5.41) is 9.73. The fourth-order valence-corrected chi connectivity index (χ4v) is 2.35. The quantitative estimate of drug-likeness (QED) is 0.840. The van der Waals surface area contributed by atoms with Crippen molar-refractivity contribution in [2.24, 2.45) is 0 Å². The lowest BCUT2D eigenvalue weighted by molar-refractivity contribution is -0.159. The van der Waals surface area contributed by atoms with Crippen LogP contribution in [0.2, 0.25) is 0 Å². The first-order valence-electron chi connectivity index (χ1n) is 6.96. The summed E-state index contributed by atoms with van der Waals surface area (Å²) in [4.78, 5) is 29.9. The van der Waals surface area contributed by atoms with E-state index >= 15 is 0 Å². The van der Waals surface area contributed by atoms with Crippen LogP contribution in [-0.2, 0) is 9.53 Å². The van der Waals surface area contributed by atoms with E-state index in [1.165, 1.54) is 23.4 Å². The summed E-state index contributed by atoms with van der Waals surface area (Å²) in [6.45, 7) is 5.85. The molecule has 0 saturated carbocycles. The van der Waals surface area contributed by atoms with E-state index < -0.39 is 17.6 Å². The van der Waals surface area contributed by atoms with Gasteiger partial charge in [0.2, 0.25) is 0 Å². The van der Waals surface area contributed by atoms with Gasteiger partial charge in [-0.15, -0.1) is 0 Å². The molecule has 21 heavy (non-hydrogen) atoms. The molecule has 1 aromatic heterocycles. The number of rotatable bonds is 2. The van der Waals surface area contributed by atoms with Gasteiger partial charge in [0.15, 0.2) is 0 Å². The molecule has 2 heterocycles. The molecule has 0 radical (unpaired) electrons. The highest BCUT2D eigenvalue weighted by atomic mass is 16.6. The summed E-state index contributed by atoms with van der Waals surface area (Å²) < 4.78 is 5.36. The number of pyridine rings is 1. The number of nitrogens with zero attached hydrogens (tertiary/aromatic N) is 2. The first kappa shape index (κ1) is 15.3. The van der Waals surface area contributed by atoms with Crippen LogP contribution >= 0.6 is 0 Å². The van der Waals surface area contributed by atoms with Crippen LogP contribution in [0.4, 0.5) is 0 Å². The van der Waals surface area contributed by atoms with Crippen molar-refractivity contribution in [3.63, 3.8) is 0 Å². The second-order valence-electron chi connectivity index (χ2n) is 6.08. The predicted octanol–water partition coefficient (Wildman–Crippen LogP) is 1.73. The van der Waals surface area contributed by atoms with Crippen molar-refractivity contribution >= 4 is 11.9 Å². The molecule has 0 bridgehead atoms. The SMILES string of the molecule is CC(C)(C)OC(=O)[C@@H]1CCCN1C(=O)c1ccncc1O. The van der Waals surface area contributed by atoms with Gasteiger partial charge in [0.1, 0.15) is 17.4 Å². The maximum Gasteiger partial charge on any atom is 0.329 e. The number of esters is 1. The van der Waals surface area contributed by atoms with Crippen LogP contribution in [0.3, 0.4) is 0 Å². The van der Waals surface area contributed by atoms with Crippen molar-refractivity contribution in [1.82, 2.24) is 9.88 Å². The van der Waals surface area contributed by atoms with E-state index in [1.54, 1.807) is 20.8 Å². The van der Waals surface area contributed by atoms with Crippen molar-refractivity contribution < 1.29 is 19.4 Å². The molecular weight excluding hydrogens is 272 g/mol. The lowest BCUT2D eigenvalue weighted by Crippen LogP contribution is -2.43. The Kier molecular flexibility index (Phi) is 4.16. The molecule has 2 rings (SSSR count). The lowest BCUT2D eigenvalue weighted by Gasteiger charge is -2.27. The van der Waals surface area contributed by atoms with Crippen LogP contribution < -0.4 is 0 Å². The Morgan fingerprint density at radius 2 is 2.14 bits per heavy atom. The maximum absolute atomic E-state index is 12.5. The molecule has 1 aliphatic rings. The second kappa shape index (κ2) is 5.71. The van der Waals surface area contributed by atoms with Crippen molar-refractivity contribution in [2.75, 3.05) is 6.54 Å². The van der Waals surface area contributed by atoms with Gasteiger partial charge in [-0.2, -0.15) is 0 Å². The summed E-state index contributed by atoms with van der Waals surface area (Å²) in [6, 6.07) is 0.853. The number of aromatic hydroxyl groups is 1. The predicted molar refractivity (Wildman–Crippen MR) is 75.8 cm³/mol. The number of ether oxygens (including phenoxy) is 1. The molecule has 114 valence electrons. The van der Waals surface area contributed by atoms with Crippen LogP contribution in [0.1, 0.15) is 44.0 Å². The molecule has 6 heteroatoms. The normalized spacial score (nSPS) is 18.6. The van der Waals surface area contributed by atoms with E-state index in [1.807, 2.05) is 0 Å². The highest BCUT2D eigenvalue weighted by Crippen LogP contribution is 2.25. The van der Waals surface area contributed by atoms with Crippen LogP contribution in [0.5, 0.6) is 5.75 Å². The minimum Gasteiger partial charge on any atom is -0.505 e. The smallest absolute Gasteiger partial charge is 0.329 e. The van der Waals surface area contributed by atoms with Gasteiger partial charge in [-0.1, -0.05) is 0 Å². The molecule has 1 amide bonds. The molecular formula is C15H20N2O4. The summed E-state index contributed by atoms with van der Waals surface area (Å²) >= 11 is 0. The zero-order valence-electron chi connectivity index (χ0n) is 12.5. The van der Waals surface area contributed by atoms with E-state index in [9.17, 15) is 14.7 Å². The summed E-state index contributed by atoms with van der Waals surface area (Å²) in [5.41, 5.74) is -0.437. The Hall–Kier alpha value is -2.11. The molecule has 6 nitrogen and oxygen atoms in total. The maximum atomic E-state index is 12.5. The molecule has 1 atom stereocenters. The van der Waals surface area contributed by atoms with Crippen molar-refractivity contribution in [3.8, 4) is 5.75 Å².